The Kier molecular flexibility index (Phi) is 4.93. The number of H-pyrrole nitrogens is 1. The van der Waals surface area contributed by atoms with Crippen LogP contribution < -0.4 is 16.8 Å². The van der Waals surface area contributed by atoms with Crippen molar-refractivity contribution in [3.05, 3.63) is 59.8 Å². The molecule has 0 radical (unpaired) electrons. The van der Waals surface area contributed by atoms with Gasteiger partial charge in [-0.05, 0) is 31.2 Å². The molecule has 0 amide bonds. The molecule has 0 fully saturated rings. The minimum Gasteiger partial charge on any atom is -0.398 e. The number of fused-ring (bicyclic) bond motifs is 3. The van der Waals surface area contributed by atoms with Gasteiger partial charge in [-0.15, -0.1) is 0 Å². The van der Waals surface area contributed by atoms with Crippen molar-refractivity contribution in [3.63, 3.8) is 0 Å². The fourth-order valence-electron chi connectivity index (χ4n) is 3.95. The fraction of sp³-hybridized carbons (Fsp3) is 0.200. The number of nitrogens with two attached hydrogens (primary N) is 2. The van der Waals surface area contributed by atoms with Gasteiger partial charge < -0.3 is 27.2 Å². The lowest BCUT2D eigenvalue weighted by Gasteiger charge is -2.25. The van der Waals surface area contributed by atoms with Crippen LogP contribution in [0.1, 0.15) is 33.3 Å². The molecule has 0 aliphatic rings. The van der Waals surface area contributed by atoms with E-state index in [9.17, 15) is 0 Å². The molecule has 2 aromatic carbocycles. The van der Waals surface area contributed by atoms with Crippen LogP contribution in [0.15, 0.2) is 54.2 Å². The monoisotopic (exact) mass is 412 g/mol. The lowest BCUT2D eigenvalue weighted by molar-refractivity contribution is 0.507. The molecule has 0 aliphatic heterocycles. The molecule has 2 aromatic heterocycles. The number of nitrogens with one attached hydrogen (secondary N) is 3. The predicted octanol–water partition coefficient (Wildman–Crippen LogP) is 5.91. The lowest BCUT2D eigenvalue weighted by atomic mass is 9.91. The zero-order chi connectivity index (χ0) is 22.3. The van der Waals surface area contributed by atoms with Gasteiger partial charge in [0.2, 0.25) is 0 Å². The van der Waals surface area contributed by atoms with Gasteiger partial charge in [0.15, 0.2) is 0 Å². The maximum absolute atomic E-state index is 7.85. The Morgan fingerprint density at radius 2 is 1.84 bits per heavy atom. The first kappa shape index (κ1) is 20.5. The quantitative estimate of drug-likeness (QED) is 0.212. The van der Waals surface area contributed by atoms with Gasteiger partial charge in [-0.3, -0.25) is 0 Å². The number of aromatic amines is 1. The summed E-state index contributed by atoms with van der Waals surface area (Å²) >= 11 is 0. The molecule has 0 bridgehead atoms. The summed E-state index contributed by atoms with van der Waals surface area (Å²) in [6.45, 7) is 8.56. The number of benzene rings is 2. The van der Waals surface area contributed by atoms with Crippen LogP contribution in [-0.2, 0) is 0 Å². The Bertz CT molecular complexity index is 1340. The van der Waals surface area contributed by atoms with Gasteiger partial charge in [-0.1, -0.05) is 45.0 Å². The van der Waals surface area contributed by atoms with Crippen LogP contribution in [0.5, 0.6) is 0 Å². The van der Waals surface area contributed by atoms with Crippen molar-refractivity contribution in [3.8, 4) is 11.3 Å². The van der Waals surface area contributed by atoms with E-state index >= 15 is 0 Å². The molecular formula is C25H28N6. The average Bonchev–Trinajstić information content (AvgIpc) is 3.11. The van der Waals surface area contributed by atoms with Crippen LogP contribution in [0.3, 0.4) is 0 Å². The second-order valence-corrected chi connectivity index (χ2v) is 8.70. The third-order valence-electron chi connectivity index (χ3n) is 5.54. The SMILES string of the molecule is C/C=C(/Nc1ccccc1-c1cc(N)c2[nH]c3ccc(N)c(C=N)c3c2n1)C(C)(C)C. The smallest absolute Gasteiger partial charge is 0.0993 e. The van der Waals surface area contributed by atoms with E-state index in [-0.39, 0.29) is 5.41 Å². The Balaban J connectivity index is 1.95. The highest BCUT2D eigenvalue weighted by atomic mass is 14.9. The topological polar surface area (TPSA) is 117 Å². The lowest BCUT2D eigenvalue weighted by Crippen LogP contribution is -2.17. The molecule has 4 aromatic rings. The first-order chi connectivity index (χ1) is 14.7. The Hall–Kier alpha value is -3.80. The number of nitrogens with zero attached hydrogens (tertiary/aromatic N) is 1. The number of hydrogen-bond donors (Lipinski definition) is 5. The molecule has 0 saturated heterocycles. The maximum Gasteiger partial charge on any atom is 0.0993 e. The summed E-state index contributed by atoms with van der Waals surface area (Å²) in [7, 11) is 0. The summed E-state index contributed by atoms with van der Waals surface area (Å²) in [6.07, 6.45) is 3.37. The van der Waals surface area contributed by atoms with Crippen LogP contribution in [0.4, 0.5) is 17.1 Å². The number of para-hydroxylation sites is 1. The zero-order valence-corrected chi connectivity index (χ0v) is 18.3. The molecule has 6 heteroatoms. The van der Waals surface area contributed by atoms with Crippen molar-refractivity contribution < 1.29 is 0 Å². The summed E-state index contributed by atoms with van der Waals surface area (Å²) < 4.78 is 0. The fourth-order valence-corrected chi connectivity index (χ4v) is 3.95. The normalized spacial score (nSPS) is 12.5. The van der Waals surface area contributed by atoms with Crippen molar-refractivity contribution in [1.82, 2.24) is 9.97 Å². The number of anilines is 3. The van der Waals surface area contributed by atoms with Crippen molar-refractivity contribution in [1.29, 1.82) is 5.41 Å². The molecular weight excluding hydrogens is 384 g/mol. The third kappa shape index (κ3) is 3.50. The minimum absolute atomic E-state index is 0.0223. The summed E-state index contributed by atoms with van der Waals surface area (Å²) in [5, 5.41) is 12.2. The average molecular weight is 413 g/mol. The Morgan fingerprint density at radius 1 is 1.10 bits per heavy atom. The first-order valence-electron chi connectivity index (χ1n) is 10.3. The summed E-state index contributed by atoms with van der Waals surface area (Å²) in [5.41, 5.74) is 20.5. The highest BCUT2D eigenvalue weighted by Gasteiger charge is 2.19. The molecule has 0 spiro atoms. The van der Waals surface area contributed by atoms with E-state index in [1.165, 1.54) is 6.21 Å². The van der Waals surface area contributed by atoms with Crippen molar-refractivity contribution in [2.75, 3.05) is 16.8 Å². The number of hydrogen-bond acceptors (Lipinski definition) is 5. The Morgan fingerprint density at radius 3 is 2.52 bits per heavy atom. The highest BCUT2D eigenvalue weighted by Crippen LogP contribution is 2.37. The van der Waals surface area contributed by atoms with E-state index < -0.39 is 0 Å². The van der Waals surface area contributed by atoms with Crippen LogP contribution in [0.25, 0.3) is 33.2 Å². The van der Waals surface area contributed by atoms with E-state index in [1.807, 2.05) is 43.3 Å². The maximum atomic E-state index is 7.85. The van der Waals surface area contributed by atoms with Gasteiger partial charge >= 0.3 is 0 Å². The largest absolute Gasteiger partial charge is 0.398 e. The number of rotatable bonds is 4. The van der Waals surface area contributed by atoms with E-state index in [4.69, 9.17) is 21.9 Å². The number of nitrogen functional groups attached to an aromatic ring is 2. The van der Waals surface area contributed by atoms with Crippen molar-refractivity contribution >= 4 is 45.2 Å². The molecule has 0 atom stereocenters. The van der Waals surface area contributed by atoms with Crippen molar-refractivity contribution in [2.24, 2.45) is 5.41 Å². The molecule has 6 nitrogen and oxygen atoms in total. The predicted molar refractivity (Wildman–Crippen MR) is 133 cm³/mol. The molecule has 0 unspecified atom stereocenters. The zero-order valence-electron chi connectivity index (χ0n) is 18.3. The molecule has 0 saturated carbocycles. The first-order valence-corrected chi connectivity index (χ1v) is 10.3. The van der Waals surface area contributed by atoms with Crippen molar-refractivity contribution in [2.45, 2.75) is 27.7 Å². The van der Waals surface area contributed by atoms with Gasteiger partial charge in [0.1, 0.15) is 0 Å². The van der Waals surface area contributed by atoms with E-state index in [2.05, 4.69) is 37.1 Å². The third-order valence-corrected chi connectivity index (χ3v) is 5.54. The van der Waals surface area contributed by atoms with Gasteiger partial charge in [-0.2, -0.15) is 0 Å². The summed E-state index contributed by atoms with van der Waals surface area (Å²) in [4.78, 5) is 8.30. The van der Waals surface area contributed by atoms with E-state index in [0.717, 1.165) is 39.1 Å². The second-order valence-electron chi connectivity index (χ2n) is 8.70. The van der Waals surface area contributed by atoms with E-state index in [1.54, 1.807) is 6.07 Å². The van der Waals surface area contributed by atoms with Gasteiger partial charge in [0.05, 0.1) is 22.4 Å². The molecule has 7 N–H and O–H groups in total. The second kappa shape index (κ2) is 7.47. The summed E-state index contributed by atoms with van der Waals surface area (Å²) in [5.74, 6) is 0. The number of allylic oxidation sites excluding steroid dienone is 2. The molecule has 31 heavy (non-hydrogen) atoms. The summed E-state index contributed by atoms with van der Waals surface area (Å²) in [6, 6.07) is 13.6. The van der Waals surface area contributed by atoms with Crippen LogP contribution >= 0.6 is 0 Å². The standard InChI is InChI=1S/C25H28N6/c1-5-21(25(2,3)4)29-18-9-7-6-8-14(18)20-12-17(28)23-24(31-20)22-15(13-26)16(27)10-11-19(22)30-23/h5-13,26,29-30H,27H2,1-4H3,(H2,28,31)/b21-5+,26-13?. The highest BCUT2D eigenvalue weighted by molar-refractivity contribution is 6.17. The van der Waals surface area contributed by atoms with E-state index in [0.29, 0.717) is 22.5 Å². The van der Waals surface area contributed by atoms with Crippen LogP contribution in [0.2, 0.25) is 0 Å². The van der Waals surface area contributed by atoms with Gasteiger partial charge in [0, 0.05) is 50.7 Å². The van der Waals surface area contributed by atoms with Crippen LogP contribution in [-0.4, -0.2) is 16.2 Å². The Labute approximate surface area is 181 Å². The molecule has 2 heterocycles. The molecule has 158 valence electrons. The number of aromatic nitrogens is 2. The van der Waals surface area contributed by atoms with Crippen LogP contribution in [0, 0.1) is 10.8 Å². The molecule has 0 aliphatic carbocycles. The minimum atomic E-state index is -0.0223. The number of pyridine rings is 1. The van der Waals surface area contributed by atoms with Gasteiger partial charge in [0.25, 0.3) is 0 Å². The van der Waals surface area contributed by atoms with Gasteiger partial charge in [-0.25, -0.2) is 4.98 Å². The molecule has 4 rings (SSSR count).